The van der Waals surface area contributed by atoms with Crippen molar-refractivity contribution in [3.63, 3.8) is 0 Å². The van der Waals surface area contributed by atoms with E-state index >= 15 is 0 Å². The normalized spacial score (nSPS) is 11.5. The third-order valence-corrected chi connectivity index (χ3v) is 4.70. The van der Waals surface area contributed by atoms with Gasteiger partial charge in [0.05, 0.1) is 17.8 Å². The molecule has 1 heterocycles. The van der Waals surface area contributed by atoms with Crippen molar-refractivity contribution in [2.75, 3.05) is 6.54 Å². The van der Waals surface area contributed by atoms with Crippen LogP contribution in [0.15, 0.2) is 30.5 Å². The largest absolute Gasteiger partial charge is 0.392 e. The number of carbonyl (C=O) groups excluding carboxylic acids is 1. The minimum atomic E-state index is -0.0695. The molecule has 22 heavy (non-hydrogen) atoms. The van der Waals surface area contributed by atoms with E-state index in [2.05, 4.69) is 31.1 Å². The van der Waals surface area contributed by atoms with E-state index in [0.29, 0.717) is 11.4 Å². The van der Waals surface area contributed by atoms with Crippen LogP contribution in [0, 0.1) is 0 Å². The summed E-state index contributed by atoms with van der Waals surface area (Å²) in [5.41, 5.74) is 2.00. The molecular weight excluding hydrogens is 296 g/mol. The Morgan fingerprint density at radius 2 is 1.86 bits per heavy atom. The molecule has 0 radical (unpaired) electrons. The van der Waals surface area contributed by atoms with Gasteiger partial charge in [0.15, 0.2) is 0 Å². The molecule has 0 aliphatic heterocycles. The fourth-order valence-electron chi connectivity index (χ4n) is 1.94. The van der Waals surface area contributed by atoms with E-state index in [4.69, 9.17) is 5.11 Å². The fraction of sp³-hybridized carbons (Fsp3) is 0.412. The maximum Gasteiger partial charge on any atom is 0.263 e. The highest BCUT2D eigenvalue weighted by atomic mass is 32.1. The highest BCUT2D eigenvalue weighted by Gasteiger charge is 2.20. The van der Waals surface area contributed by atoms with Crippen LogP contribution in [0.2, 0.25) is 0 Å². The van der Waals surface area contributed by atoms with Gasteiger partial charge in [-0.2, -0.15) is 0 Å². The Balaban J connectivity index is 1.86. The van der Waals surface area contributed by atoms with Gasteiger partial charge in [0.2, 0.25) is 0 Å². The molecule has 0 atom stereocenters. The van der Waals surface area contributed by atoms with Gasteiger partial charge >= 0.3 is 0 Å². The number of aromatic nitrogens is 1. The summed E-state index contributed by atoms with van der Waals surface area (Å²) in [5, 5.41) is 12.9. The summed E-state index contributed by atoms with van der Waals surface area (Å²) in [7, 11) is 0. The van der Waals surface area contributed by atoms with Gasteiger partial charge in [-0.15, -0.1) is 11.3 Å². The highest BCUT2D eigenvalue weighted by molar-refractivity contribution is 7.13. The monoisotopic (exact) mass is 318 g/mol. The molecular formula is C17H22N2O2S. The molecule has 0 aliphatic rings. The van der Waals surface area contributed by atoms with Gasteiger partial charge in [-0.1, -0.05) is 45.0 Å². The molecule has 1 amide bonds. The van der Waals surface area contributed by atoms with Crippen LogP contribution in [0.25, 0.3) is 0 Å². The number of nitrogens with zero attached hydrogens (tertiary/aromatic N) is 1. The predicted octanol–water partition coefficient (Wildman–Crippen LogP) is 2.91. The number of nitrogens with one attached hydrogen (secondary N) is 1. The van der Waals surface area contributed by atoms with Gasteiger partial charge in [-0.05, 0) is 17.5 Å². The van der Waals surface area contributed by atoms with E-state index in [1.54, 1.807) is 6.20 Å². The lowest BCUT2D eigenvalue weighted by molar-refractivity contribution is 0.0958. The molecule has 2 N–H and O–H groups in total. The minimum absolute atomic E-state index is 0.0301. The molecule has 2 rings (SSSR count). The van der Waals surface area contributed by atoms with E-state index < -0.39 is 0 Å². The minimum Gasteiger partial charge on any atom is -0.392 e. The number of aliphatic hydroxyl groups is 1. The van der Waals surface area contributed by atoms with Crippen LogP contribution in [0.1, 0.15) is 46.6 Å². The zero-order valence-electron chi connectivity index (χ0n) is 13.2. The quantitative estimate of drug-likeness (QED) is 0.891. The van der Waals surface area contributed by atoms with Crippen LogP contribution in [-0.4, -0.2) is 22.5 Å². The van der Waals surface area contributed by atoms with E-state index in [0.717, 1.165) is 22.6 Å². The molecule has 0 spiro atoms. The second-order valence-corrected chi connectivity index (χ2v) is 7.29. The first-order valence-corrected chi connectivity index (χ1v) is 8.15. The maximum atomic E-state index is 12.1. The van der Waals surface area contributed by atoms with Crippen LogP contribution < -0.4 is 5.32 Å². The Hall–Kier alpha value is -1.72. The van der Waals surface area contributed by atoms with Crippen molar-refractivity contribution in [3.05, 3.63) is 51.5 Å². The lowest BCUT2D eigenvalue weighted by Gasteiger charge is -2.13. The second-order valence-electron chi connectivity index (χ2n) is 6.26. The van der Waals surface area contributed by atoms with Gasteiger partial charge in [0.25, 0.3) is 5.91 Å². The van der Waals surface area contributed by atoms with Crippen molar-refractivity contribution < 1.29 is 9.90 Å². The molecule has 0 fully saturated rings. The third-order valence-electron chi connectivity index (χ3n) is 3.28. The molecule has 0 bridgehead atoms. The Morgan fingerprint density at radius 1 is 1.23 bits per heavy atom. The van der Waals surface area contributed by atoms with Gasteiger partial charge in [-0.3, -0.25) is 4.79 Å². The molecule has 0 aliphatic carbocycles. The van der Waals surface area contributed by atoms with Crippen molar-refractivity contribution >= 4 is 17.2 Å². The topological polar surface area (TPSA) is 62.2 Å². The molecule has 1 aromatic carbocycles. The van der Waals surface area contributed by atoms with Crippen molar-refractivity contribution in [2.24, 2.45) is 0 Å². The number of benzene rings is 1. The zero-order valence-corrected chi connectivity index (χ0v) is 14.0. The average molecular weight is 318 g/mol. The zero-order chi connectivity index (χ0) is 16.2. The lowest BCUT2D eigenvalue weighted by atomic mass is 9.98. The van der Waals surface area contributed by atoms with Crippen molar-refractivity contribution in [1.82, 2.24) is 10.3 Å². The van der Waals surface area contributed by atoms with E-state index in [-0.39, 0.29) is 17.9 Å². The third kappa shape index (κ3) is 4.39. The molecule has 118 valence electrons. The average Bonchev–Trinajstić information content (AvgIpc) is 2.98. The number of amides is 1. The molecule has 1 aromatic heterocycles. The highest BCUT2D eigenvalue weighted by Crippen LogP contribution is 2.26. The number of hydrogen-bond acceptors (Lipinski definition) is 4. The van der Waals surface area contributed by atoms with Crippen LogP contribution >= 0.6 is 11.3 Å². The van der Waals surface area contributed by atoms with Crippen LogP contribution in [0.5, 0.6) is 0 Å². The van der Waals surface area contributed by atoms with Crippen LogP contribution in [0.3, 0.4) is 0 Å². The Labute approximate surface area is 135 Å². The van der Waals surface area contributed by atoms with Gasteiger partial charge in [-0.25, -0.2) is 4.98 Å². The first kappa shape index (κ1) is 16.6. The molecule has 2 aromatic rings. The summed E-state index contributed by atoms with van der Waals surface area (Å²) in [6, 6.07) is 7.75. The number of aliphatic hydroxyl groups excluding tert-OH is 1. The summed E-state index contributed by atoms with van der Waals surface area (Å²) in [5.74, 6) is -0.0695. The fourth-order valence-corrected chi connectivity index (χ4v) is 2.83. The molecule has 4 nitrogen and oxygen atoms in total. The number of thiazole rings is 1. The van der Waals surface area contributed by atoms with E-state index in [9.17, 15) is 4.79 Å². The summed E-state index contributed by atoms with van der Waals surface area (Å²) in [4.78, 5) is 17.1. The molecule has 0 unspecified atom stereocenters. The Bertz CT molecular complexity index is 627. The van der Waals surface area contributed by atoms with Gasteiger partial charge in [0.1, 0.15) is 4.88 Å². The number of carbonyl (C=O) groups is 1. The predicted molar refractivity (Wildman–Crippen MR) is 89.2 cm³/mol. The van der Waals surface area contributed by atoms with Gasteiger partial charge < -0.3 is 10.4 Å². The maximum absolute atomic E-state index is 12.1. The van der Waals surface area contributed by atoms with Crippen molar-refractivity contribution in [3.8, 4) is 0 Å². The molecule has 0 saturated carbocycles. The molecule has 0 saturated heterocycles. The SMILES string of the molecule is CC(C)(C)c1ncc(C(=O)NCCc2ccc(CO)cc2)s1. The standard InChI is InChI=1S/C17H22N2O2S/c1-17(2,3)16-19-10-14(22-16)15(21)18-9-8-12-4-6-13(11-20)7-5-12/h4-7,10,20H,8-9,11H2,1-3H3,(H,18,21). The van der Waals surface area contributed by atoms with Crippen molar-refractivity contribution in [2.45, 2.75) is 39.2 Å². The first-order chi connectivity index (χ1) is 10.4. The molecule has 5 heteroatoms. The summed E-state index contributed by atoms with van der Waals surface area (Å²) >= 11 is 1.45. The van der Waals surface area contributed by atoms with Crippen LogP contribution in [0.4, 0.5) is 0 Å². The Kier molecular flexibility index (Phi) is 5.32. The smallest absolute Gasteiger partial charge is 0.263 e. The Morgan fingerprint density at radius 3 is 2.41 bits per heavy atom. The summed E-state index contributed by atoms with van der Waals surface area (Å²) in [6.07, 6.45) is 2.42. The summed E-state index contributed by atoms with van der Waals surface area (Å²) < 4.78 is 0. The van der Waals surface area contributed by atoms with Gasteiger partial charge in [0, 0.05) is 12.0 Å². The second kappa shape index (κ2) is 7.03. The number of hydrogen-bond donors (Lipinski definition) is 2. The van der Waals surface area contributed by atoms with Crippen LogP contribution in [-0.2, 0) is 18.4 Å². The first-order valence-electron chi connectivity index (χ1n) is 7.33. The number of rotatable bonds is 5. The van der Waals surface area contributed by atoms with Crippen molar-refractivity contribution in [1.29, 1.82) is 0 Å². The lowest BCUT2D eigenvalue weighted by Crippen LogP contribution is -2.24. The summed E-state index contributed by atoms with van der Waals surface area (Å²) in [6.45, 7) is 6.90. The van der Waals surface area contributed by atoms with E-state index in [1.807, 2.05) is 24.3 Å². The van der Waals surface area contributed by atoms with E-state index in [1.165, 1.54) is 11.3 Å².